The lowest BCUT2D eigenvalue weighted by molar-refractivity contribution is 0.466. The van der Waals surface area contributed by atoms with Gasteiger partial charge in [0, 0.05) is 39.3 Å². The maximum absolute atomic E-state index is 12.6. The van der Waals surface area contributed by atoms with Crippen molar-refractivity contribution in [3.8, 4) is 89.7 Å². The number of hydrogen-bond acceptors (Lipinski definition) is 3. The SMILES string of the molecule is [2H]C([2H])([2H])c1cc(-n2c(-c3cc(C(C)C)cc(C(C)C)c3O)nc3c(-c4cc(-c5ccccc5)cc(-c5cc(-c6ccc(C(C([2H])([2H])[2H])(C([2H])([2H])[2H])C([2H])([2H])[2H])cc6)ccn5)c4)cccc32)c(-c2ccc(C(C)(C)C)cc2)cc1-c1ccccc1. The predicted molar refractivity (Wildman–Crippen MR) is 309 cm³/mol. The number of phenolic OH excluding ortho intramolecular Hbond substituents is 1. The molecule has 4 nitrogen and oxygen atoms in total. The van der Waals surface area contributed by atoms with Crippen molar-refractivity contribution in [2.45, 2.75) is 98.5 Å². The number of phenols is 1. The number of nitrogens with zero attached hydrogens (tertiary/aromatic N) is 3. The van der Waals surface area contributed by atoms with Gasteiger partial charge >= 0.3 is 0 Å². The molecule has 364 valence electrons. The second kappa shape index (κ2) is 19.3. The normalized spacial score (nSPS) is 15.2. The molecule has 10 rings (SSSR count). The molecule has 10 aromatic rings. The zero-order valence-corrected chi connectivity index (χ0v) is 42.3. The van der Waals surface area contributed by atoms with E-state index in [0.29, 0.717) is 50.5 Å². The molecule has 0 aliphatic heterocycles. The largest absolute Gasteiger partial charge is 0.507 e. The summed E-state index contributed by atoms with van der Waals surface area (Å²) in [5, 5.41) is 12.6. The lowest BCUT2D eigenvalue weighted by Crippen LogP contribution is -2.10. The molecule has 0 spiro atoms. The Kier molecular flexibility index (Phi) is 9.56. The monoisotopic (exact) mass is 966 g/mol. The Labute approximate surface area is 450 Å². The van der Waals surface area contributed by atoms with Crippen molar-refractivity contribution in [2.24, 2.45) is 0 Å². The van der Waals surface area contributed by atoms with Crippen LogP contribution in [0.3, 0.4) is 0 Å². The zero-order chi connectivity index (χ0) is 61.3. The molecule has 0 bridgehead atoms. The topological polar surface area (TPSA) is 50.9 Å². The van der Waals surface area contributed by atoms with Gasteiger partial charge in [0.1, 0.15) is 11.6 Å². The van der Waals surface area contributed by atoms with Crippen molar-refractivity contribution < 1.29 is 21.6 Å². The summed E-state index contributed by atoms with van der Waals surface area (Å²) in [6.45, 7) is 2.03. The molecule has 8 aromatic carbocycles. The molecule has 4 heteroatoms. The second-order valence-electron chi connectivity index (χ2n) is 20.8. The molecule has 2 aromatic heterocycles. The first-order chi connectivity index (χ1) is 39.9. The molecule has 73 heavy (non-hydrogen) atoms. The van der Waals surface area contributed by atoms with Gasteiger partial charge in [0.25, 0.3) is 0 Å². The van der Waals surface area contributed by atoms with Gasteiger partial charge in [0.05, 0.1) is 28.0 Å². The first kappa shape index (κ1) is 36.1. The summed E-state index contributed by atoms with van der Waals surface area (Å²) in [5.74, 6) is 0.494. The standard InChI is InChI=1S/C69H67N3O/c1-43(2)51-39-58(44(3)4)66(73)61(40-51)67-71-65-57(53-36-52(46-19-14-12-15-20-46)37-54(38-53)62-41-50(33-34-70-62)47-25-29-55(30-26-47)68(6,7)8)23-18-24-63(65)72(67)64-35-45(5)59(48-21-16-13-17-22-48)42-60(64)49-27-31-56(32-28-49)69(9,10)11/h12-44,73H,1-11H3/i5D3,6D3,7D3,8D3. The van der Waals surface area contributed by atoms with Gasteiger partial charge in [-0.25, -0.2) is 4.98 Å². The van der Waals surface area contributed by atoms with Crippen molar-refractivity contribution in [1.82, 2.24) is 14.5 Å². The Hall–Kier alpha value is -7.82. The quantitative estimate of drug-likeness (QED) is 0.149. The van der Waals surface area contributed by atoms with Gasteiger partial charge in [-0.05, 0) is 156 Å². The predicted octanol–water partition coefficient (Wildman–Crippen LogP) is 18.9. The fraction of sp³-hybridized carbons (Fsp3) is 0.217. The number of imidazole rings is 1. The van der Waals surface area contributed by atoms with Crippen LogP contribution in [0, 0.1) is 6.85 Å². The number of aromatic hydroxyl groups is 1. The number of aromatic nitrogens is 3. The van der Waals surface area contributed by atoms with E-state index >= 15 is 0 Å². The van der Waals surface area contributed by atoms with Crippen molar-refractivity contribution in [1.29, 1.82) is 0 Å². The van der Waals surface area contributed by atoms with E-state index in [1.54, 1.807) is 18.3 Å². The Morgan fingerprint density at radius 3 is 1.75 bits per heavy atom. The number of fused-ring (bicyclic) bond motifs is 1. The van der Waals surface area contributed by atoms with E-state index in [4.69, 9.17) is 26.4 Å². The van der Waals surface area contributed by atoms with Gasteiger partial charge in [0.2, 0.25) is 0 Å². The van der Waals surface area contributed by atoms with E-state index in [0.717, 1.165) is 61.2 Å². The number of aryl methyl sites for hydroxylation is 1. The van der Waals surface area contributed by atoms with Crippen LogP contribution in [0.1, 0.15) is 125 Å². The molecule has 0 aliphatic carbocycles. The van der Waals surface area contributed by atoms with Gasteiger partial charge in [-0.2, -0.15) is 0 Å². The summed E-state index contributed by atoms with van der Waals surface area (Å²) >= 11 is 0. The van der Waals surface area contributed by atoms with Crippen molar-refractivity contribution in [3.05, 3.63) is 216 Å². The van der Waals surface area contributed by atoms with Crippen LogP contribution in [0.4, 0.5) is 0 Å². The maximum Gasteiger partial charge on any atom is 0.149 e. The van der Waals surface area contributed by atoms with Crippen molar-refractivity contribution in [3.63, 3.8) is 0 Å². The fourth-order valence-electron chi connectivity index (χ4n) is 9.80. The minimum Gasteiger partial charge on any atom is -0.507 e. The molecular formula is C69H67N3O. The van der Waals surface area contributed by atoms with Crippen LogP contribution in [-0.4, -0.2) is 19.6 Å². The Bertz CT molecular complexity index is 4060. The third-order valence-corrected chi connectivity index (χ3v) is 14.0. The van der Waals surface area contributed by atoms with Crippen molar-refractivity contribution in [2.75, 3.05) is 0 Å². The van der Waals surface area contributed by atoms with Crippen LogP contribution in [-0.2, 0) is 10.8 Å². The van der Waals surface area contributed by atoms with Crippen LogP contribution in [0.2, 0.25) is 0 Å². The number of benzene rings is 8. The summed E-state index contributed by atoms with van der Waals surface area (Å²) in [4.78, 5) is 10.5. The molecule has 0 radical (unpaired) electrons. The summed E-state index contributed by atoms with van der Waals surface area (Å²) < 4.78 is 104. The van der Waals surface area contributed by atoms with Crippen LogP contribution in [0.15, 0.2) is 188 Å². The molecule has 2 heterocycles. The molecule has 0 aliphatic rings. The molecule has 0 saturated carbocycles. The van der Waals surface area contributed by atoms with Gasteiger partial charge < -0.3 is 5.11 Å². The van der Waals surface area contributed by atoms with E-state index in [2.05, 4.69) is 71.0 Å². The highest BCUT2D eigenvalue weighted by atomic mass is 16.3. The third-order valence-electron chi connectivity index (χ3n) is 14.0. The average molecular weight is 966 g/mol. The van der Waals surface area contributed by atoms with Crippen LogP contribution < -0.4 is 0 Å². The fourth-order valence-corrected chi connectivity index (χ4v) is 9.80. The summed E-state index contributed by atoms with van der Waals surface area (Å²) in [5.41, 5.74) is 10.4. The zero-order valence-electron chi connectivity index (χ0n) is 54.3. The first-order valence-corrected chi connectivity index (χ1v) is 24.9. The number of hydrogen-bond donors (Lipinski definition) is 1. The summed E-state index contributed by atoms with van der Waals surface area (Å²) in [6.07, 6.45) is 1.65. The van der Waals surface area contributed by atoms with Crippen LogP contribution in [0.5, 0.6) is 5.75 Å². The molecule has 0 saturated heterocycles. The van der Waals surface area contributed by atoms with Gasteiger partial charge in [-0.1, -0.05) is 196 Å². The second-order valence-corrected chi connectivity index (χ2v) is 20.8. The first-order valence-electron chi connectivity index (χ1n) is 30.9. The Morgan fingerprint density at radius 2 is 1.11 bits per heavy atom. The molecule has 0 unspecified atom stereocenters. The minimum atomic E-state index is -3.41. The van der Waals surface area contributed by atoms with Gasteiger partial charge in [-0.3, -0.25) is 9.55 Å². The van der Waals surface area contributed by atoms with E-state index in [-0.39, 0.29) is 34.1 Å². The van der Waals surface area contributed by atoms with E-state index in [1.165, 1.54) is 24.3 Å². The smallest absolute Gasteiger partial charge is 0.149 e. The summed E-state index contributed by atoms with van der Waals surface area (Å²) in [7, 11) is 0. The van der Waals surface area contributed by atoms with Crippen LogP contribution >= 0.6 is 0 Å². The average Bonchev–Trinajstić information content (AvgIpc) is 1.50. The van der Waals surface area contributed by atoms with Crippen molar-refractivity contribution >= 4 is 11.0 Å². The molecule has 0 amide bonds. The Balaban J connectivity index is 1.25. The third kappa shape index (κ3) is 9.67. The molecular weight excluding hydrogens is 887 g/mol. The highest BCUT2D eigenvalue weighted by molar-refractivity contribution is 5.99. The van der Waals surface area contributed by atoms with Gasteiger partial charge in [0.15, 0.2) is 0 Å². The highest BCUT2D eigenvalue weighted by Gasteiger charge is 2.26. The van der Waals surface area contributed by atoms with Gasteiger partial charge in [-0.15, -0.1) is 0 Å². The maximum atomic E-state index is 12.6. The van der Waals surface area contributed by atoms with E-state index in [9.17, 15) is 5.11 Å². The lowest BCUT2D eigenvalue weighted by atomic mass is 9.85. The molecule has 1 N–H and O–H groups in total. The van der Waals surface area contributed by atoms with E-state index in [1.807, 2.05) is 128 Å². The highest BCUT2D eigenvalue weighted by Crippen LogP contribution is 2.46. The number of pyridine rings is 1. The van der Waals surface area contributed by atoms with Crippen LogP contribution in [0.25, 0.3) is 95.0 Å². The molecule has 0 atom stereocenters. The Morgan fingerprint density at radius 1 is 0.493 bits per heavy atom. The minimum absolute atomic E-state index is 0.0654. The summed E-state index contributed by atoms with van der Waals surface area (Å²) in [6, 6.07) is 57.1. The number of para-hydroxylation sites is 1. The number of rotatable bonds is 10. The lowest BCUT2D eigenvalue weighted by Gasteiger charge is -2.22. The van der Waals surface area contributed by atoms with E-state index < -0.39 is 32.8 Å². The molecule has 0 fully saturated rings.